The lowest BCUT2D eigenvalue weighted by atomic mass is 10.1. The second-order valence-electron chi connectivity index (χ2n) is 5.01. The monoisotopic (exact) mass is 315 g/mol. The van der Waals surface area contributed by atoms with Gasteiger partial charge < -0.3 is 9.47 Å². The van der Waals surface area contributed by atoms with Gasteiger partial charge in [0.15, 0.2) is 0 Å². The third-order valence-electron chi connectivity index (χ3n) is 3.26. The lowest BCUT2D eigenvalue weighted by molar-refractivity contribution is -0.384. The van der Waals surface area contributed by atoms with Crippen LogP contribution in [0, 0.1) is 24.0 Å². The molecule has 0 aliphatic heterocycles. The van der Waals surface area contributed by atoms with Gasteiger partial charge in [0, 0.05) is 12.1 Å². The van der Waals surface area contributed by atoms with Gasteiger partial charge in [0.25, 0.3) is 5.69 Å². The lowest BCUT2D eigenvalue weighted by Gasteiger charge is -2.12. The maximum Gasteiger partial charge on any atom is 0.338 e. The van der Waals surface area contributed by atoms with Crippen molar-refractivity contribution in [1.29, 1.82) is 0 Å². The van der Waals surface area contributed by atoms with Crippen LogP contribution in [0.5, 0.6) is 5.75 Å². The fourth-order valence-electron chi connectivity index (χ4n) is 2.13. The molecular formula is C17H17NO5. The Morgan fingerprint density at radius 2 is 1.74 bits per heavy atom. The normalized spacial score (nSPS) is 10.2. The highest BCUT2D eigenvalue weighted by Gasteiger charge is 2.12. The third-order valence-corrected chi connectivity index (χ3v) is 3.26. The van der Waals surface area contributed by atoms with Crippen LogP contribution < -0.4 is 4.74 Å². The minimum atomic E-state index is -0.612. The average Bonchev–Trinajstić information content (AvgIpc) is 2.53. The van der Waals surface area contributed by atoms with Gasteiger partial charge in [-0.2, -0.15) is 0 Å². The van der Waals surface area contributed by atoms with Gasteiger partial charge >= 0.3 is 5.97 Å². The highest BCUT2D eigenvalue weighted by atomic mass is 16.6. The quantitative estimate of drug-likeness (QED) is 0.353. The van der Waals surface area contributed by atoms with Crippen LogP contribution in [0.2, 0.25) is 0 Å². The number of nitrogens with zero attached hydrogens (tertiary/aromatic N) is 1. The molecule has 0 saturated heterocycles. The topological polar surface area (TPSA) is 78.7 Å². The zero-order valence-electron chi connectivity index (χ0n) is 12.9. The summed E-state index contributed by atoms with van der Waals surface area (Å²) in [6.45, 7) is 4.16. The molecule has 2 aromatic rings. The Balaban J connectivity index is 1.88. The number of aryl methyl sites for hydroxylation is 2. The summed E-state index contributed by atoms with van der Waals surface area (Å²) in [6.07, 6.45) is 0. The molecule has 0 aliphatic carbocycles. The number of non-ortho nitro benzene ring substituents is 1. The lowest BCUT2D eigenvalue weighted by Crippen LogP contribution is -2.13. The van der Waals surface area contributed by atoms with E-state index in [2.05, 4.69) is 0 Å². The Bertz CT molecular complexity index is 706. The maximum atomic E-state index is 11.9. The summed E-state index contributed by atoms with van der Waals surface area (Å²) in [7, 11) is 0. The van der Waals surface area contributed by atoms with E-state index in [9.17, 15) is 14.9 Å². The number of ether oxygens (including phenoxy) is 2. The molecule has 0 amide bonds. The van der Waals surface area contributed by atoms with Gasteiger partial charge in [-0.1, -0.05) is 24.3 Å². The summed E-state index contributed by atoms with van der Waals surface area (Å²) < 4.78 is 10.7. The van der Waals surface area contributed by atoms with Gasteiger partial charge in [-0.15, -0.1) is 0 Å². The Hall–Kier alpha value is -2.89. The van der Waals surface area contributed by atoms with Gasteiger partial charge in [0.2, 0.25) is 0 Å². The Morgan fingerprint density at radius 3 is 2.39 bits per heavy atom. The summed E-state index contributed by atoms with van der Waals surface area (Å²) >= 11 is 0. The van der Waals surface area contributed by atoms with Crippen molar-refractivity contribution in [2.45, 2.75) is 13.8 Å². The predicted molar refractivity (Wildman–Crippen MR) is 84.8 cm³/mol. The second-order valence-corrected chi connectivity index (χ2v) is 5.01. The molecule has 0 atom stereocenters. The van der Waals surface area contributed by atoms with Gasteiger partial charge in [-0.3, -0.25) is 10.1 Å². The standard InChI is InChI=1S/C17H17NO5/c1-12-5-3-6-13(2)16(12)22-9-10-23-17(19)14-7-4-8-15(11-14)18(20)21/h3-8,11H,9-10H2,1-2H3. The summed E-state index contributed by atoms with van der Waals surface area (Å²) in [5.74, 6) is 0.165. The zero-order valence-corrected chi connectivity index (χ0v) is 12.9. The van der Waals surface area contributed by atoms with E-state index in [0.29, 0.717) is 0 Å². The molecule has 0 aromatic heterocycles. The van der Waals surface area contributed by atoms with Crippen molar-refractivity contribution in [2.75, 3.05) is 13.2 Å². The molecule has 0 fully saturated rings. The number of hydrogen-bond donors (Lipinski definition) is 0. The highest BCUT2D eigenvalue weighted by molar-refractivity contribution is 5.90. The molecule has 0 radical (unpaired) electrons. The molecule has 23 heavy (non-hydrogen) atoms. The van der Waals surface area contributed by atoms with Crippen LogP contribution in [0.3, 0.4) is 0 Å². The fourth-order valence-corrected chi connectivity index (χ4v) is 2.13. The Morgan fingerprint density at radius 1 is 1.09 bits per heavy atom. The van der Waals surface area contributed by atoms with Crippen molar-refractivity contribution in [3.8, 4) is 5.75 Å². The SMILES string of the molecule is Cc1cccc(C)c1OCCOC(=O)c1cccc([N+](=O)[O-])c1. The van der Waals surface area contributed by atoms with Crippen molar-refractivity contribution in [3.05, 3.63) is 69.3 Å². The Kier molecular flexibility index (Phi) is 5.30. The van der Waals surface area contributed by atoms with Crippen LogP contribution in [-0.2, 0) is 4.74 Å². The molecule has 0 saturated carbocycles. The van der Waals surface area contributed by atoms with E-state index in [1.54, 1.807) is 0 Å². The minimum Gasteiger partial charge on any atom is -0.489 e. The van der Waals surface area contributed by atoms with Gasteiger partial charge in [0.1, 0.15) is 19.0 Å². The summed E-state index contributed by atoms with van der Waals surface area (Å²) in [5.41, 5.74) is 2.02. The molecular weight excluding hydrogens is 298 g/mol. The van der Waals surface area contributed by atoms with Gasteiger partial charge in [0.05, 0.1) is 10.5 Å². The number of benzene rings is 2. The van der Waals surface area contributed by atoms with E-state index < -0.39 is 10.9 Å². The maximum absolute atomic E-state index is 11.9. The molecule has 6 heteroatoms. The predicted octanol–water partition coefficient (Wildman–Crippen LogP) is 3.45. The first kappa shape index (κ1) is 16.5. The number of nitro groups is 1. The van der Waals surface area contributed by atoms with E-state index in [0.717, 1.165) is 16.9 Å². The molecule has 0 bridgehead atoms. The largest absolute Gasteiger partial charge is 0.489 e. The van der Waals surface area contributed by atoms with E-state index in [1.807, 2.05) is 32.0 Å². The molecule has 120 valence electrons. The molecule has 0 aliphatic rings. The first-order chi connectivity index (χ1) is 11.0. The minimum absolute atomic E-state index is 0.0648. The van der Waals surface area contributed by atoms with Crippen LogP contribution >= 0.6 is 0 Å². The molecule has 0 heterocycles. The van der Waals surface area contributed by atoms with Crippen molar-refractivity contribution >= 4 is 11.7 Å². The number of esters is 1. The van der Waals surface area contributed by atoms with Crippen LogP contribution in [0.15, 0.2) is 42.5 Å². The molecule has 0 N–H and O–H groups in total. The first-order valence-corrected chi connectivity index (χ1v) is 7.09. The molecule has 0 spiro atoms. The van der Waals surface area contributed by atoms with Crippen molar-refractivity contribution < 1.29 is 19.2 Å². The number of carbonyl (C=O) groups is 1. The molecule has 2 aromatic carbocycles. The number of para-hydroxylation sites is 1. The van der Waals surface area contributed by atoms with E-state index in [-0.39, 0.29) is 24.5 Å². The van der Waals surface area contributed by atoms with Crippen molar-refractivity contribution in [3.63, 3.8) is 0 Å². The van der Waals surface area contributed by atoms with Crippen molar-refractivity contribution in [1.82, 2.24) is 0 Å². The zero-order chi connectivity index (χ0) is 16.8. The second kappa shape index (κ2) is 7.40. The van der Waals surface area contributed by atoms with Gasteiger partial charge in [-0.05, 0) is 31.0 Å². The van der Waals surface area contributed by atoms with Crippen LogP contribution in [0.4, 0.5) is 5.69 Å². The number of carbonyl (C=O) groups excluding carboxylic acids is 1. The first-order valence-electron chi connectivity index (χ1n) is 7.09. The fraction of sp³-hybridized carbons (Fsp3) is 0.235. The molecule has 0 unspecified atom stereocenters. The average molecular weight is 315 g/mol. The molecule has 6 nitrogen and oxygen atoms in total. The Labute approximate surface area is 133 Å². The summed E-state index contributed by atoms with van der Waals surface area (Å²) in [6, 6.07) is 11.3. The van der Waals surface area contributed by atoms with Gasteiger partial charge in [-0.25, -0.2) is 4.79 Å². The number of nitro benzene ring substituents is 1. The highest BCUT2D eigenvalue weighted by Crippen LogP contribution is 2.22. The summed E-state index contributed by atoms with van der Waals surface area (Å²) in [5, 5.41) is 10.7. The van der Waals surface area contributed by atoms with Crippen LogP contribution in [0.25, 0.3) is 0 Å². The van der Waals surface area contributed by atoms with E-state index >= 15 is 0 Å². The molecule has 2 rings (SSSR count). The van der Waals surface area contributed by atoms with E-state index in [1.165, 1.54) is 24.3 Å². The number of hydrogen-bond acceptors (Lipinski definition) is 5. The summed E-state index contributed by atoms with van der Waals surface area (Å²) in [4.78, 5) is 22.0. The van der Waals surface area contributed by atoms with Crippen LogP contribution in [-0.4, -0.2) is 24.1 Å². The smallest absolute Gasteiger partial charge is 0.338 e. The number of rotatable bonds is 6. The van der Waals surface area contributed by atoms with Crippen LogP contribution in [0.1, 0.15) is 21.5 Å². The van der Waals surface area contributed by atoms with E-state index in [4.69, 9.17) is 9.47 Å². The third kappa shape index (κ3) is 4.29. The van der Waals surface area contributed by atoms with Crippen molar-refractivity contribution in [2.24, 2.45) is 0 Å².